The van der Waals surface area contributed by atoms with Crippen LogP contribution in [0.2, 0.25) is 10.0 Å². The van der Waals surface area contributed by atoms with Gasteiger partial charge in [-0.25, -0.2) is 0 Å². The monoisotopic (exact) mass is 313 g/mol. The maximum absolute atomic E-state index is 8.62. The summed E-state index contributed by atoms with van der Waals surface area (Å²) < 4.78 is 0. The van der Waals surface area contributed by atoms with Crippen molar-refractivity contribution < 1.29 is 5.21 Å². The Bertz CT molecular complexity index is 634. The maximum atomic E-state index is 8.62. The third-order valence-electron chi connectivity index (χ3n) is 2.23. The third kappa shape index (κ3) is 3.53. The van der Waals surface area contributed by atoms with Gasteiger partial charge in [-0.1, -0.05) is 40.1 Å². The van der Waals surface area contributed by atoms with E-state index in [9.17, 15) is 0 Å². The summed E-state index contributed by atoms with van der Waals surface area (Å²) in [5, 5.41) is 12.5. The summed E-state index contributed by atoms with van der Waals surface area (Å²) in [7, 11) is 0. The molecule has 7 heteroatoms. The predicted octanol–water partition coefficient (Wildman–Crippen LogP) is 3.63. The first-order valence-corrected chi connectivity index (χ1v) is 6.74. The van der Waals surface area contributed by atoms with Gasteiger partial charge in [0.2, 0.25) is 0 Å². The van der Waals surface area contributed by atoms with Crippen LogP contribution in [0.25, 0.3) is 0 Å². The van der Waals surface area contributed by atoms with Crippen molar-refractivity contribution in [2.75, 3.05) is 0 Å². The number of benzene rings is 1. The van der Waals surface area contributed by atoms with Crippen molar-refractivity contribution in [3.05, 3.63) is 52.3 Å². The SMILES string of the molecule is NC(=NO)c1cc(Sc2ccc(Cl)c(Cl)c2)ccn1. The highest BCUT2D eigenvalue weighted by Gasteiger charge is 2.05. The standard InChI is InChI=1S/C12H9Cl2N3OS/c13-9-2-1-7(5-10(9)14)19-8-3-4-16-11(6-8)12(15)17-18/h1-6,18H,(H2,15,17). The largest absolute Gasteiger partial charge is 0.409 e. The molecule has 0 unspecified atom stereocenters. The van der Waals surface area contributed by atoms with Crippen LogP contribution in [0.5, 0.6) is 0 Å². The fourth-order valence-corrected chi connectivity index (χ4v) is 2.59. The Morgan fingerprint density at radius 3 is 2.58 bits per heavy atom. The van der Waals surface area contributed by atoms with Crippen molar-refractivity contribution in [3.63, 3.8) is 0 Å². The van der Waals surface area contributed by atoms with Crippen LogP contribution in [0.1, 0.15) is 5.69 Å². The van der Waals surface area contributed by atoms with Crippen LogP contribution < -0.4 is 5.73 Å². The van der Waals surface area contributed by atoms with Crippen LogP contribution in [-0.4, -0.2) is 16.0 Å². The van der Waals surface area contributed by atoms with Gasteiger partial charge in [0.25, 0.3) is 0 Å². The summed E-state index contributed by atoms with van der Waals surface area (Å²) >= 11 is 13.3. The molecule has 0 atom stereocenters. The molecule has 0 saturated carbocycles. The Labute approximate surface area is 124 Å². The Hall–Kier alpha value is -1.43. The highest BCUT2D eigenvalue weighted by molar-refractivity contribution is 7.99. The molecule has 3 N–H and O–H groups in total. The molecule has 0 amide bonds. The average molecular weight is 314 g/mol. The van der Waals surface area contributed by atoms with E-state index in [0.717, 1.165) is 9.79 Å². The van der Waals surface area contributed by atoms with Gasteiger partial charge in [0, 0.05) is 16.0 Å². The van der Waals surface area contributed by atoms with E-state index in [4.69, 9.17) is 34.1 Å². The lowest BCUT2D eigenvalue weighted by atomic mass is 10.3. The van der Waals surface area contributed by atoms with E-state index in [0.29, 0.717) is 15.7 Å². The van der Waals surface area contributed by atoms with Crippen molar-refractivity contribution in [1.82, 2.24) is 4.98 Å². The topological polar surface area (TPSA) is 71.5 Å². The van der Waals surface area contributed by atoms with Gasteiger partial charge in [-0.15, -0.1) is 0 Å². The summed E-state index contributed by atoms with van der Waals surface area (Å²) in [5.74, 6) is -0.0309. The smallest absolute Gasteiger partial charge is 0.188 e. The average Bonchev–Trinajstić information content (AvgIpc) is 2.42. The molecule has 1 aromatic heterocycles. The zero-order valence-electron chi connectivity index (χ0n) is 9.55. The quantitative estimate of drug-likeness (QED) is 0.393. The highest BCUT2D eigenvalue weighted by Crippen LogP contribution is 2.32. The predicted molar refractivity (Wildman–Crippen MR) is 77.3 cm³/mol. The fourth-order valence-electron chi connectivity index (χ4n) is 1.34. The molecule has 0 saturated heterocycles. The number of rotatable bonds is 3. The number of amidine groups is 1. The Balaban J connectivity index is 2.26. The van der Waals surface area contributed by atoms with Gasteiger partial charge in [0.1, 0.15) is 5.69 Å². The minimum Gasteiger partial charge on any atom is -0.409 e. The van der Waals surface area contributed by atoms with Crippen molar-refractivity contribution in [2.45, 2.75) is 9.79 Å². The van der Waals surface area contributed by atoms with E-state index in [1.54, 1.807) is 24.4 Å². The summed E-state index contributed by atoms with van der Waals surface area (Å²) in [6.45, 7) is 0. The number of aromatic nitrogens is 1. The van der Waals surface area contributed by atoms with E-state index >= 15 is 0 Å². The fraction of sp³-hybridized carbons (Fsp3) is 0. The molecule has 2 aromatic rings. The molecule has 0 aliphatic rings. The number of pyridine rings is 1. The van der Waals surface area contributed by atoms with Gasteiger partial charge in [-0.2, -0.15) is 0 Å². The summed E-state index contributed by atoms with van der Waals surface area (Å²) in [6.07, 6.45) is 1.59. The summed E-state index contributed by atoms with van der Waals surface area (Å²) in [5.41, 5.74) is 5.90. The van der Waals surface area contributed by atoms with E-state index in [1.807, 2.05) is 12.1 Å². The van der Waals surface area contributed by atoms with Crippen LogP contribution in [-0.2, 0) is 0 Å². The van der Waals surface area contributed by atoms with Crippen molar-refractivity contribution in [1.29, 1.82) is 0 Å². The minimum atomic E-state index is -0.0309. The van der Waals surface area contributed by atoms with Crippen molar-refractivity contribution >= 4 is 40.8 Å². The van der Waals surface area contributed by atoms with Gasteiger partial charge in [-0.3, -0.25) is 4.98 Å². The van der Waals surface area contributed by atoms with E-state index in [2.05, 4.69) is 10.1 Å². The molecule has 1 aromatic carbocycles. The van der Waals surface area contributed by atoms with Gasteiger partial charge in [0.05, 0.1) is 10.0 Å². The number of oxime groups is 1. The van der Waals surface area contributed by atoms with E-state index < -0.39 is 0 Å². The minimum absolute atomic E-state index is 0.0309. The van der Waals surface area contributed by atoms with Crippen LogP contribution in [0, 0.1) is 0 Å². The number of hydrogen-bond donors (Lipinski definition) is 2. The van der Waals surface area contributed by atoms with Gasteiger partial charge in [-0.05, 0) is 30.3 Å². The molecule has 19 heavy (non-hydrogen) atoms. The number of nitrogens with zero attached hydrogens (tertiary/aromatic N) is 2. The molecule has 0 fully saturated rings. The maximum Gasteiger partial charge on any atom is 0.188 e. The zero-order chi connectivity index (χ0) is 13.8. The first-order valence-electron chi connectivity index (χ1n) is 5.17. The van der Waals surface area contributed by atoms with Gasteiger partial charge < -0.3 is 10.9 Å². The lowest BCUT2D eigenvalue weighted by molar-refractivity contribution is 0.318. The molecule has 1 heterocycles. The Morgan fingerprint density at radius 2 is 1.89 bits per heavy atom. The molecule has 0 aliphatic carbocycles. The first-order chi connectivity index (χ1) is 9.10. The number of hydrogen-bond acceptors (Lipinski definition) is 4. The van der Waals surface area contributed by atoms with Crippen molar-refractivity contribution in [2.24, 2.45) is 10.9 Å². The van der Waals surface area contributed by atoms with Crippen LogP contribution in [0.3, 0.4) is 0 Å². The van der Waals surface area contributed by atoms with Crippen LogP contribution in [0.15, 0.2) is 51.5 Å². The second-order valence-corrected chi connectivity index (χ2v) is 5.50. The van der Waals surface area contributed by atoms with Gasteiger partial charge in [0.15, 0.2) is 5.84 Å². The lowest BCUT2D eigenvalue weighted by Gasteiger charge is -2.04. The Kier molecular flexibility index (Phi) is 4.52. The van der Waals surface area contributed by atoms with Crippen molar-refractivity contribution in [3.8, 4) is 0 Å². The highest BCUT2D eigenvalue weighted by atomic mass is 35.5. The molecular formula is C12H9Cl2N3OS. The second-order valence-electron chi connectivity index (χ2n) is 3.54. The zero-order valence-corrected chi connectivity index (χ0v) is 11.9. The molecule has 0 aliphatic heterocycles. The van der Waals surface area contributed by atoms with Gasteiger partial charge >= 0.3 is 0 Å². The molecular weight excluding hydrogens is 305 g/mol. The second kappa shape index (κ2) is 6.14. The third-order valence-corrected chi connectivity index (χ3v) is 3.95. The molecule has 0 bridgehead atoms. The number of halogens is 2. The molecule has 0 spiro atoms. The summed E-state index contributed by atoms with van der Waals surface area (Å²) in [6, 6.07) is 8.92. The molecule has 0 radical (unpaired) electrons. The molecule has 2 rings (SSSR count). The van der Waals surface area contributed by atoms with Crippen LogP contribution in [0.4, 0.5) is 0 Å². The van der Waals surface area contributed by atoms with E-state index in [1.165, 1.54) is 11.8 Å². The van der Waals surface area contributed by atoms with E-state index in [-0.39, 0.29) is 5.84 Å². The molecule has 4 nitrogen and oxygen atoms in total. The first kappa shape index (κ1) is 14.0. The summed E-state index contributed by atoms with van der Waals surface area (Å²) in [4.78, 5) is 5.84. The normalized spacial score (nSPS) is 11.6. The lowest BCUT2D eigenvalue weighted by Crippen LogP contribution is -2.14. The Morgan fingerprint density at radius 1 is 1.16 bits per heavy atom. The molecule has 98 valence electrons. The van der Waals surface area contributed by atoms with Crippen LogP contribution >= 0.6 is 35.0 Å². The number of nitrogens with two attached hydrogens (primary N) is 1.